The molecular weight excluding hydrogens is 991 g/mol. The Hall–Kier alpha value is -7.50. The molecule has 1 spiro atoms. The molecule has 3 aromatic heterocycles. The number of fused-ring (bicyclic) bond motifs is 3. The van der Waals surface area contributed by atoms with Crippen molar-refractivity contribution in [2.45, 2.75) is 104 Å². The Bertz CT molecular complexity index is 3430. The molecule has 4 aliphatic rings. The molecule has 1 unspecified atom stereocenters. The summed E-state index contributed by atoms with van der Waals surface area (Å²) in [6.45, 7) is 11.3. The summed E-state index contributed by atoms with van der Waals surface area (Å²) in [6, 6.07) is 29.2. The van der Waals surface area contributed by atoms with E-state index < -0.39 is 17.5 Å². The predicted molar refractivity (Wildman–Crippen MR) is 298 cm³/mol. The zero-order chi connectivity index (χ0) is 53.6. The quantitative estimate of drug-likeness (QED) is 0.0733. The fraction of sp³-hybridized carbons (Fsp3) is 0.400. The van der Waals surface area contributed by atoms with E-state index in [1.165, 1.54) is 17.8 Å². The minimum atomic E-state index is -0.748. The number of imide groups is 1. The highest BCUT2D eigenvalue weighted by molar-refractivity contribution is 7.22. The van der Waals surface area contributed by atoms with Gasteiger partial charge in [0.1, 0.15) is 17.2 Å². The van der Waals surface area contributed by atoms with Crippen LogP contribution in [0.1, 0.15) is 121 Å². The number of likely N-dealkylation sites (tertiary alicyclic amines) is 1. The number of hydrogen-bond donors (Lipinski definition) is 3. The molecular formula is C60H65N9O7S. The fourth-order valence-corrected chi connectivity index (χ4v) is 12.9. The molecule has 16 nitrogen and oxygen atoms in total. The second-order valence-corrected chi connectivity index (χ2v) is 23.4. The van der Waals surface area contributed by atoms with Crippen LogP contribution in [0, 0.1) is 18.3 Å². The molecule has 77 heavy (non-hydrogen) atoms. The molecule has 4 amide bonds. The first-order valence-electron chi connectivity index (χ1n) is 26.9. The Morgan fingerprint density at radius 1 is 0.870 bits per heavy atom. The van der Waals surface area contributed by atoms with Crippen LogP contribution < -0.4 is 25.6 Å². The first-order chi connectivity index (χ1) is 37.0. The number of amides is 4. The highest BCUT2D eigenvalue weighted by Gasteiger charge is 2.41. The fourth-order valence-electron chi connectivity index (χ4n) is 12.0. The summed E-state index contributed by atoms with van der Waals surface area (Å²) in [4.78, 5) is 79.6. The number of esters is 1. The number of nitrogens with zero attached hydrogens (tertiary/aromatic N) is 6. The molecule has 3 aliphatic heterocycles. The van der Waals surface area contributed by atoms with Gasteiger partial charge in [0.05, 0.1) is 40.5 Å². The van der Waals surface area contributed by atoms with Crippen LogP contribution >= 0.6 is 11.3 Å². The second-order valence-electron chi connectivity index (χ2n) is 22.4. The van der Waals surface area contributed by atoms with E-state index in [9.17, 15) is 24.0 Å². The lowest BCUT2D eigenvalue weighted by Gasteiger charge is -2.39. The lowest BCUT2D eigenvalue weighted by Crippen LogP contribution is -2.42. The molecule has 2 saturated heterocycles. The van der Waals surface area contributed by atoms with Gasteiger partial charge in [0.15, 0.2) is 10.8 Å². The van der Waals surface area contributed by atoms with Crippen LogP contribution in [0.15, 0.2) is 91.0 Å². The zero-order valence-corrected chi connectivity index (χ0v) is 45.2. The number of anilines is 3. The summed E-state index contributed by atoms with van der Waals surface area (Å²) < 4.78 is 15.3. The number of nitrogens with one attached hydrogen (secondary N) is 3. The Balaban J connectivity index is 0.700. The van der Waals surface area contributed by atoms with E-state index >= 15 is 0 Å². The third-order valence-corrected chi connectivity index (χ3v) is 17.0. The number of pyridine rings is 1. The van der Waals surface area contributed by atoms with Crippen LogP contribution in [0.4, 0.5) is 16.6 Å². The van der Waals surface area contributed by atoms with Crippen molar-refractivity contribution in [3.63, 3.8) is 0 Å². The van der Waals surface area contributed by atoms with Crippen LogP contribution in [0.25, 0.3) is 32.2 Å². The monoisotopic (exact) mass is 1060 g/mol. The summed E-state index contributed by atoms with van der Waals surface area (Å²) in [5, 5.41) is 14.6. The maximum absolute atomic E-state index is 14.1. The third-order valence-electron chi connectivity index (χ3n) is 16.0. The van der Waals surface area contributed by atoms with Gasteiger partial charge in [-0.3, -0.25) is 39.4 Å². The predicted octanol–water partition coefficient (Wildman–Crippen LogP) is 10.1. The number of carbonyl (C=O) groups excluding carboxylic acids is 5. The molecule has 1 aliphatic carbocycles. The van der Waals surface area contributed by atoms with Crippen molar-refractivity contribution in [3.8, 4) is 16.9 Å². The second kappa shape index (κ2) is 21.1. The van der Waals surface area contributed by atoms with Gasteiger partial charge in [-0.2, -0.15) is 5.10 Å². The number of aromatic nitrogens is 4. The molecule has 2 atom stereocenters. The number of hydrogen-bond acceptors (Lipinski definition) is 13. The lowest BCUT2D eigenvalue weighted by atomic mass is 9.76. The average molecular weight is 1060 g/mol. The molecule has 11 rings (SSSR count). The van der Waals surface area contributed by atoms with Gasteiger partial charge in [0, 0.05) is 48.8 Å². The molecule has 0 radical (unpaired) electrons. The number of aryl methyl sites for hydroxylation is 1. The first-order valence-corrected chi connectivity index (χ1v) is 27.7. The first kappa shape index (κ1) is 51.6. The van der Waals surface area contributed by atoms with Gasteiger partial charge < -0.3 is 19.7 Å². The van der Waals surface area contributed by atoms with Crippen LogP contribution in [-0.2, 0) is 39.1 Å². The summed E-state index contributed by atoms with van der Waals surface area (Å²) >= 11 is 1.45. The van der Waals surface area contributed by atoms with Gasteiger partial charge in [-0.1, -0.05) is 47.7 Å². The van der Waals surface area contributed by atoms with Crippen LogP contribution in [-0.4, -0.2) is 92.6 Å². The standard InChI is InChI=1S/C60H65N9O7S/c1-36-40(41-18-20-50(63-54(41)57(74)76-59(2,3)4)69-28-23-38-10-8-12-42(45(38)34-69)55(72)65-58-62-46-13-6-7-15-49(46)77-58)11-9-14-48(36)75-31-24-37-22-25-60(33-37)26-29-68(30-27-60)35-52(71)61-39-16-17-43-47(32-39)67(5)66-53(43)44-19-21-51(70)64-56(44)73/h6-18,20,32,37,44H,19,21-31,33-35H2,1-5H3,(H,61,71)(H,62,65,72)(H,64,70,73)/t37-,44?/m0/s1. The smallest absolute Gasteiger partial charge is 0.358 e. The van der Waals surface area contributed by atoms with Crippen molar-refractivity contribution < 1.29 is 33.4 Å². The van der Waals surface area contributed by atoms with Crippen molar-refractivity contribution in [1.82, 2.24) is 30.0 Å². The number of piperidine rings is 2. The Kier molecular flexibility index (Phi) is 14.2. The van der Waals surface area contributed by atoms with Gasteiger partial charge in [0.2, 0.25) is 17.7 Å². The largest absolute Gasteiger partial charge is 0.493 e. The maximum atomic E-state index is 14.1. The molecule has 398 valence electrons. The molecule has 17 heteroatoms. The molecule has 3 N–H and O–H groups in total. The number of ether oxygens (including phenoxy) is 2. The SMILES string of the molecule is Cc1c(OCC[C@@H]2CCC3(CCN(CC(=O)Nc4ccc5c(C6CCC(=O)NC6=O)nn(C)c5c4)CC3)C2)cccc1-c1ccc(N2CCc3cccc(C(=O)Nc4nc5ccccc5s4)c3C2)nc1C(=O)OC(C)(C)C. The molecule has 3 fully saturated rings. The molecule has 0 bridgehead atoms. The van der Waals surface area contributed by atoms with E-state index in [1.54, 1.807) is 4.68 Å². The molecule has 1 saturated carbocycles. The normalized spacial score (nSPS) is 18.6. The maximum Gasteiger partial charge on any atom is 0.358 e. The molecule has 6 heterocycles. The van der Waals surface area contributed by atoms with Gasteiger partial charge in [-0.25, -0.2) is 14.8 Å². The van der Waals surface area contributed by atoms with Crippen LogP contribution in [0.3, 0.4) is 0 Å². The summed E-state index contributed by atoms with van der Waals surface area (Å²) in [5.41, 5.74) is 7.75. The highest BCUT2D eigenvalue weighted by Crippen LogP contribution is 2.50. The van der Waals surface area contributed by atoms with Crippen molar-refractivity contribution in [2.24, 2.45) is 18.4 Å². The summed E-state index contributed by atoms with van der Waals surface area (Å²) in [7, 11) is 1.82. The number of thiazole rings is 1. The zero-order valence-electron chi connectivity index (χ0n) is 44.4. The Labute approximate surface area is 451 Å². The topological polar surface area (TPSA) is 190 Å². The number of para-hydroxylation sites is 1. The van der Waals surface area contributed by atoms with Crippen molar-refractivity contribution in [2.75, 3.05) is 48.3 Å². The highest BCUT2D eigenvalue weighted by atomic mass is 32.1. The number of rotatable bonds is 13. The van der Waals surface area contributed by atoms with E-state index in [1.807, 2.05) is 120 Å². The van der Waals surface area contributed by atoms with E-state index in [-0.39, 0.29) is 41.2 Å². The van der Waals surface area contributed by atoms with E-state index in [2.05, 4.69) is 41.9 Å². The van der Waals surface area contributed by atoms with Gasteiger partial charge >= 0.3 is 5.97 Å². The minimum Gasteiger partial charge on any atom is -0.493 e. The Morgan fingerprint density at radius 3 is 2.49 bits per heavy atom. The van der Waals surface area contributed by atoms with E-state index in [4.69, 9.17) is 14.5 Å². The average Bonchev–Trinajstić information content (AvgIpc) is 4.11. The van der Waals surface area contributed by atoms with Gasteiger partial charge in [-0.15, -0.1) is 0 Å². The summed E-state index contributed by atoms with van der Waals surface area (Å²) in [6.07, 6.45) is 7.96. The van der Waals surface area contributed by atoms with E-state index in [0.29, 0.717) is 78.5 Å². The third kappa shape index (κ3) is 11.1. The summed E-state index contributed by atoms with van der Waals surface area (Å²) in [5.74, 6) is 0.0782. The molecule has 7 aromatic rings. The number of benzene rings is 4. The minimum absolute atomic E-state index is 0.0630. The Morgan fingerprint density at radius 2 is 1.69 bits per heavy atom. The van der Waals surface area contributed by atoms with Crippen molar-refractivity contribution in [3.05, 3.63) is 125 Å². The number of carbonyl (C=O) groups is 5. The van der Waals surface area contributed by atoms with Crippen LogP contribution in [0.2, 0.25) is 0 Å². The van der Waals surface area contributed by atoms with E-state index in [0.717, 1.165) is 94.3 Å². The van der Waals surface area contributed by atoms with Gasteiger partial charge in [-0.05, 0) is 180 Å². The van der Waals surface area contributed by atoms with Crippen LogP contribution in [0.5, 0.6) is 5.75 Å². The molecule has 4 aromatic carbocycles. The van der Waals surface area contributed by atoms with Crippen molar-refractivity contribution in [1.29, 1.82) is 0 Å². The van der Waals surface area contributed by atoms with Gasteiger partial charge in [0.25, 0.3) is 5.91 Å². The lowest BCUT2D eigenvalue weighted by molar-refractivity contribution is -0.134. The van der Waals surface area contributed by atoms with Crippen molar-refractivity contribution >= 4 is 78.7 Å².